The molecule has 1 N–H and O–H groups in total. The molecule has 0 spiro atoms. The van der Waals surface area contributed by atoms with E-state index in [1.807, 2.05) is 0 Å². The molecular weight excluding hydrogens is 305 g/mol. The maximum Gasteiger partial charge on any atom is 0.418 e. The zero-order valence-corrected chi connectivity index (χ0v) is 10.2. The first-order valence-electron chi connectivity index (χ1n) is 4.31. The summed E-state index contributed by atoms with van der Waals surface area (Å²) in [5, 5.41) is 11.0. The Balaban J connectivity index is 2.59. The number of alkyl halides is 3. The van der Waals surface area contributed by atoms with Gasteiger partial charge in [0.15, 0.2) is 6.10 Å². The number of hydrogen-bond donors (Lipinski definition) is 1. The predicted molar refractivity (Wildman–Crippen MR) is 60.5 cm³/mol. The highest BCUT2D eigenvalue weighted by atomic mass is 79.9. The van der Waals surface area contributed by atoms with Crippen LogP contribution in [0.5, 0.6) is 0 Å². The summed E-state index contributed by atoms with van der Waals surface area (Å²) in [6.07, 6.45) is -7.05. The van der Waals surface area contributed by atoms with Crippen LogP contribution in [0.1, 0.15) is 11.7 Å². The van der Waals surface area contributed by atoms with Crippen molar-refractivity contribution in [3.05, 3.63) is 33.6 Å². The van der Waals surface area contributed by atoms with Crippen LogP contribution in [0.15, 0.2) is 28.1 Å². The number of aliphatic hydroxyl groups excluding tert-OH is 1. The topological polar surface area (TPSA) is 20.2 Å². The quantitative estimate of drug-likeness (QED) is 0.834. The second kappa shape index (κ2) is 4.01. The Hall–Kier alpha value is -0.590. The van der Waals surface area contributed by atoms with Crippen LogP contribution < -0.4 is 0 Å². The van der Waals surface area contributed by atoms with Gasteiger partial charge in [0.2, 0.25) is 0 Å². The first-order valence-corrected chi connectivity index (χ1v) is 5.99. The second-order valence-electron chi connectivity index (χ2n) is 3.25. The van der Waals surface area contributed by atoms with Crippen molar-refractivity contribution in [2.75, 3.05) is 0 Å². The molecule has 6 heteroatoms. The van der Waals surface area contributed by atoms with Crippen molar-refractivity contribution < 1.29 is 18.3 Å². The van der Waals surface area contributed by atoms with E-state index < -0.39 is 12.3 Å². The zero-order valence-electron chi connectivity index (χ0n) is 7.75. The van der Waals surface area contributed by atoms with Gasteiger partial charge in [0.25, 0.3) is 0 Å². The molecule has 0 aliphatic heterocycles. The molecule has 0 amide bonds. The number of thiophene rings is 1. The summed E-state index contributed by atoms with van der Waals surface area (Å²) in [7, 11) is 0. The Morgan fingerprint density at radius 3 is 2.62 bits per heavy atom. The van der Waals surface area contributed by atoms with E-state index in [4.69, 9.17) is 0 Å². The van der Waals surface area contributed by atoms with Crippen LogP contribution in [0.2, 0.25) is 0 Å². The minimum atomic E-state index is -4.63. The van der Waals surface area contributed by atoms with Crippen molar-refractivity contribution in [2.45, 2.75) is 12.3 Å². The fraction of sp³-hybridized carbons (Fsp3) is 0.200. The van der Waals surface area contributed by atoms with Gasteiger partial charge in [0, 0.05) is 14.7 Å². The average Bonchev–Trinajstić information content (AvgIpc) is 2.60. The Labute approximate surface area is 102 Å². The van der Waals surface area contributed by atoms with E-state index in [1.54, 1.807) is 18.2 Å². The summed E-state index contributed by atoms with van der Waals surface area (Å²) < 4.78 is 38.6. The van der Waals surface area contributed by atoms with E-state index in [-0.39, 0.29) is 5.56 Å². The van der Waals surface area contributed by atoms with Gasteiger partial charge < -0.3 is 5.11 Å². The summed E-state index contributed by atoms with van der Waals surface area (Å²) in [6, 6.07) is 4.97. The Morgan fingerprint density at radius 2 is 2.00 bits per heavy atom. The normalized spacial score (nSPS) is 14.3. The van der Waals surface area contributed by atoms with E-state index in [1.165, 1.54) is 16.7 Å². The van der Waals surface area contributed by atoms with Gasteiger partial charge in [0.1, 0.15) is 0 Å². The van der Waals surface area contributed by atoms with Gasteiger partial charge in [-0.2, -0.15) is 13.2 Å². The molecule has 0 fully saturated rings. The van der Waals surface area contributed by atoms with Crippen molar-refractivity contribution in [3.63, 3.8) is 0 Å². The lowest BCUT2D eigenvalue weighted by Gasteiger charge is -2.13. The van der Waals surface area contributed by atoms with Gasteiger partial charge in [-0.25, -0.2) is 0 Å². The van der Waals surface area contributed by atoms with E-state index in [9.17, 15) is 18.3 Å². The molecule has 16 heavy (non-hydrogen) atoms. The fourth-order valence-electron chi connectivity index (χ4n) is 1.43. The summed E-state index contributed by atoms with van der Waals surface area (Å²) in [5.41, 5.74) is -0.0891. The third-order valence-corrected chi connectivity index (χ3v) is 4.16. The molecule has 2 rings (SSSR count). The highest BCUT2D eigenvalue weighted by Gasteiger charge is 2.40. The van der Waals surface area contributed by atoms with Crippen molar-refractivity contribution in [1.29, 1.82) is 0 Å². The van der Waals surface area contributed by atoms with Gasteiger partial charge in [-0.3, -0.25) is 0 Å². The van der Waals surface area contributed by atoms with Crippen molar-refractivity contribution in [2.24, 2.45) is 0 Å². The Kier molecular flexibility index (Phi) is 2.98. The van der Waals surface area contributed by atoms with Crippen LogP contribution >= 0.6 is 27.3 Å². The second-order valence-corrected chi connectivity index (χ2v) is 4.99. The van der Waals surface area contributed by atoms with Crippen molar-refractivity contribution in [3.8, 4) is 0 Å². The lowest BCUT2D eigenvalue weighted by atomic mass is 10.1. The van der Waals surface area contributed by atoms with Crippen LogP contribution in [0.3, 0.4) is 0 Å². The molecule has 0 saturated heterocycles. The summed E-state index contributed by atoms with van der Waals surface area (Å²) in [5.74, 6) is 0. The van der Waals surface area contributed by atoms with Crippen LogP contribution in [0, 0.1) is 0 Å². The zero-order chi connectivity index (χ0) is 11.9. The van der Waals surface area contributed by atoms with Gasteiger partial charge in [-0.05, 0) is 32.8 Å². The summed E-state index contributed by atoms with van der Waals surface area (Å²) in [6.45, 7) is 0. The maximum absolute atomic E-state index is 12.4. The van der Waals surface area contributed by atoms with Crippen LogP contribution in [0.25, 0.3) is 10.1 Å². The van der Waals surface area contributed by atoms with Crippen molar-refractivity contribution in [1.82, 2.24) is 0 Å². The molecular formula is C10H6BrF3OS. The summed E-state index contributed by atoms with van der Waals surface area (Å²) in [4.78, 5) is 0. The molecule has 0 aliphatic rings. The van der Waals surface area contributed by atoms with E-state index >= 15 is 0 Å². The average molecular weight is 311 g/mol. The van der Waals surface area contributed by atoms with Crippen LogP contribution in [0.4, 0.5) is 13.2 Å². The summed E-state index contributed by atoms with van der Waals surface area (Å²) >= 11 is 4.44. The molecule has 1 unspecified atom stereocenters. The number of halogens is 4. The minimum absolute atomic E-state index is 0.0891. The minimum Gasteiger partial charge on any atom is -0.379 e. The molecule has 2 aromatic rings. The lowest BCUT2D eigenvalue weighted by molar-refractivity contribution is -0.206. The first-order chi connectivity index (χ1) is 7.41. The third-order valence-electron chi connectivity index (χ3n) is 2.19. The molecule has 86 valence electrons. The van der Waals surface area contributed by atoms with Gasteiger partial charge >= 0.3 is 6.18 Å². The van der Waals surface area contributed by atoms with E-state index in [2.05, 4.69) is 15.9 Å². The highest BCUT2D eigenvalue weighted by Crippen LogP contribution is 2.40. The number of fused-ring (bicyclic) bond motifs is 1. The molecule has 0 aliphatic carbocycles. The number of rotatable bonds is 1. The SMILES string of the molecule is OC(c1csc2c(Br)cccc12)C(F)(F)F. The van der Waals surface area contributed by atoms with Gasteiger partial charge in [-0.15, -0.1) is 11.3 Å². The van der Waals surface area contributed by atoms with Crippen molar-refractivity contribution >= 4 is 37.4 Å². The van der Waals surface area contributed by atoms with Crippen LogP contribution in [-0.4, -0.2) is 11.3 Å². The molecule has 1 aromatic carbocycles. The number of hydrogen-bond acceptors (Lipinski definition) is 2. The lowest BCUT2D eigenvalue weighted by Crippen LogP contribution is -2.19. The fourth-order valence-corrected chi connectivity index (χ4v) is 3.07. The molecule has 0 saturated carbocycles. The van der Waals surface area contributed by atoms with Gasteiger partial charge in [-0.1, -0.05) is 12.1 Å². The highest BCUT2D eigenvalue weighted by molar-refractivity contribution is 9.10. The molecule has 1 aromatic heterocycles. The first kappa shape index (κ1) is 11.9. The smallest absolute Gasteiger partial charge is 0.379 e. The largest absolute Gasteiger partial charge is 0.418 e. The number of benzene rings is 1. The maximum atomic E-state index is 12.4. The Bertz CT molecular complexity index is 520. The molecule has 1 heterocycles. The standard InChI is InChI=1S/C10H6BrF3OS/c11-7-3-1-2-5-6(4-16-8(5)7)9(15)10(12,13)14/h1-4,9,15H. The molecule has 0 bridgehead atoms. The Morgan fingerprint density at radius 1 is 1.31 bits per heavy atom. The van der Waals surface area contributed by atoms with Gasteiger partial charge in [0.05, 0.1) is 0 Å². The van der Waals surface area contributed by atoms with Crippen LogP contribution in [-0.2, 0) is 0 Å². The monoisotopic (exact) mass is 310 g/mol. The van der Waals surface area contributed by atoms with E-state index in [0.29, 0.717) is 10.1 Å². The third kappa shape index (κ3) is 1.97. The molecule has 0 radical (unpaired) electrons. The van der Waals surface area contributed by atoms with E-state index in [0.717, 1.165) is 4.47 Å². The predicted octanol–water partition coefficient (Wildman–Crippen LogP) is 4.26. The molecule has 1 nitrogen and oxygen atoms in total. The molecule has 1 atom stereocenters. The number of aliphatic hydroxyl groups is 1.